The largest absolute Gasteiger partial charge is 0.467 e. The highest BCUT2D eigenvalue weighted by molar-refractivity contribution is 5.91. The van der Waals surface area contributed by atoms with Gasteiger partial charge in [0.05, 0.1) is 19.8 Å². The lowest BCUT2D eigenvalue weighted by molar-refractivity contribution is -0.152. The van der Waals surface area contributed by atoms with E-state index in [2.05, 4.69) is 5.32 Å². The molecule has 9 nitrogen and oxygen atoms in total. The van der Waals surface area contributed by atoms with Crippen LogP contribution in [0.15, 0.2) is 30.3 Å². The Hall–Kier alpha value is -2.65. The number of hydrogen-bond donors (Lipinski definition) is 1. The molecule has 3 atom stereocenters. The van der Waals surface area contributed by atoms with Crippen LogP contribution in [0.1, 0.15) is 59.9 Å². The van der Waals surface area contributed by atoms with Gasteiger partial charge in [0.2, 0.25) is 5.91 Å². The minimum atomic E-state index is -0.898. The predicted molar refractivity (Wildman–Crippen MR) is 135 cm³/mol. The Morgan fingerprint density at radius 3 is 2.31 bits per heavy atom. The van der Waals surface area contributed by atoms with E-state index in [-0.39, 0.29) is 18.6 Å². The Balaban J connectivity index is 1.96. The molecule has 1 aliphatic heterocycles. The van der Waals surface area contributed by atoms with Crippen molar-refractivity contribution < 1.29 is 33.3 Å². The summed E-state index contributed by atoms with van der Waals surface area (Å²) < 4.78 is 22.0. The second-order valence-corrected chi connectivity index (χ2v) is 11.1. The van der Waals surface area contributed by atoms with E-state index >= 15 is 0 Å². The summed E-state index contributed by atoms with van der Waals surface area (Å²) in [4.78, 5) is 40.0. The van der Waals surface area contributed by atoms with Gasteiger partial charge in [0.1, 0.15) is 17.7 Å². The topological polar surface area (TPSA) is 103 Å². The van der Waals surface area contributed by atoms with Crippen molar-refractivity contribution >= 4 is 18.0 Å². The third-order valence-corrected chi connectivity index (χ3v) is 5.69. The van der Waals surface area contributed by atoms with Gasteiger partial charge in [0.25, 0.3) is 0 Å². The lowest BCUT2D eigenvalue weighted by Crippen LogP contribution is -2.57. The van der Waals surface area contributed by atoms with Crippen molar-refractivity contribution in [3.8, 4) is 0 Å². The first kappa shape index (κ1) is 29.6. The molecule has 0 saturated carbocycles. The van der Waals surface area contributed by atoms with Crippen LogP contribution in [0.25, 0.3) is 0 Å². The van der Waals surface area contributed by atoms with Gasteiger partial charge >= 0.3 is 12.1 Å². The number of esters is 1. The molecule has 202 valence electrons. The summed E-state index contributed by atoms with van der Waals surface area (Å²) in [5, 5.41) is 2.70. The molecule has 1 aliphatic rings. The van der Waals surface area contributed by atoms with E-state index in [0.29, 0.717) is 32.7 Å². The standard InChI is InChI=1S/C27H42N2O7/c1-26(2,3)22(28-25(32)36-27(4,5)6)23(30)29-17-20(16-21(29)24(31)33-7)35-15-11-14-34-18-19-12-9-8-10-13-19/h8-10,12-13,20-22H,11,14-18H2,1-7H3,(H,28,32)/t20-,21+,22-/m1/s1. The van der Waals surface area contributed by atoms with Crippen LogP contribution in [-0.2, 0) is 35.1 Å². The van der Waals surface area contributed by atoms with E-state index in [0.717, 1.165) is 5.56 Å². The normalized spacial score (nSPS) is 19.0. The number of hydrogen-bond acceptors (Lipinski definition) is 7. The number of amides is 2. The third kappa shape index (κ3) is 9.43. The molecule has 1 N–H and O–H groups in total. The second kappa shape index (κ2) is 13.1. The van der Waals surface area contributed by atoms with Crippen molar-refractivity contribution in [2.75, 3.05) is 26.9 Å². The minimum Gasteiger partial charge on any atom is -0.467 e. The zero-order valence-corrected chi connectivity index (χ0v) is 22.7. The summed E-state index contributed by atoms with van der Waals surface area (Å²) in [6.07, 6.45) is -0.000361. The van der Waals surface area contributed by atoms with Crippen LogP contribution in [0.4, 0.5) is 4.79 Å². The summed E-state index contributed by atoms with van der Waals surface area (Å²) in [6.45, 7) is 12.5. The van der Waals surface area contributed by atoms with Crippen molar-refractivity contribution in [2.45, 2.75) is 84.8 Å². The van der Waals surface area contributed by atoms with Gasteiger partial charge < -0.3 is 29.2 Å². The Bertz CT molecular complexity index is 861. The lowest BCUT2D eigenvalue weighted by Gasteiger charge is -2.35. The van der Waals surface area contributed by atoms with Gasteiger partial charge in [0, 0.05) is 26.2 Å². The van der Waals surface area contributed by atoms with Crippen LogP contribution < -0.4 is 5.32 Å². The molecule has 0 aromatic heterocycles. The maximum absolute atomic E-state index is 13.6. The molecule has 36 heavy (non-hydrogen) atoms. The summed E-state index contributed by atoms with van der Waals surface area (Å²) in [7, 11) is 1.30. The van der Waals surface area contributed by atoms with Gasteiger partial charge in [-0.3, -0.25) is 4.79 Å². The highest BCUT2D eigenvalue weighted by Gasteiger charge is 2.46. The van der Waals surface area contributed by atoms with Crippen molar-refractivity contribution in [2.24, 2.45) is 5.41 Å². The molecule has 1 aromatic rings. The predicted octanol–water partition coefficient (Wildman–Crippen LogP) is 3.69. The number of methoxy groups -OCH3 is 1. The lowest BCUT2D eigenvalue weighted by atomic mass is 9.85. The highest BCUT2D eigenvalue weighted by Crippen LogP contribution is 2.28. The van der Waals surface area contributed by atoms with Crippen LogP contribution >= 0.6 is 0 Å². The molecule has 1 aromatic carbocycles. The second-order valence-electron chi connectivity index (χ2n) is 11.1. The smallest absolute Gasteiger partial charge is 0.408 e. The first-order valence-electron chi connectivity index (χ1n) is 12.4. The Morgan fingerprint density at radius 2 is 1.72 bits per heavy atom. The molecule has 2 amide bonds. The third-order valence-electron chi connectivity index (χ3n) is 5.69. The molecule has 1 heterocycles. The molecule has 0 spiro atoms. The molecule has 2 rings (SSSR count). The SMILES string of the molecule is COC(=O)[C@@H]1C[C@@H](OCCCOCc2ccccc2)CN1C(=O)[C@@H](NC(=O)OC(C)(C)C)C(C)(C)C. The first-order chi connectivity index (χ1) is 16.8. The van der Waals surface area contributed by atoms with E-state index in [4.69, 9.17) is 18.9 Å². The number of rotatable bonds is 10. The van der Waals surface area contributed by atoms with Gasteiger partial charge in [-0.05, 0) is 38.2 Å². The number of carbonyl (C=O) groups is 3. The average molecular weight is 507 g/mol. The van der Waals surface area contributed by atoms with E-state index in [1.807, 2.05) is 51.1 Å². The van der Waals surface area contributed by atoms with Crippen LogP contribution in [-0.4, -0.2) is 73.5 Å². The fourth-order valence-corrected chi connectivity index (χ4v) is 3.94. The van der Waals surface area contributed by atoms with E-state index in [9.17, 15) is 14.4 Å². The highest BCUT2D eigenvalue weighted by atomic mass is 16.6. The number of benzene rings is 1. The minimum absolute atomic E-state index is 0.228. The molecule has 0 bridgehead atoms. The van der Waals surface area contributed by atoms with Crippen LogP contribution in [0.2, 0.25) is 0 Å². The van der Waals surface area contributed by atoms with Gasteiger partial charge in [0.15, 0.2) is 0 Å². The fraction of sp³-hybridized carbons (Fsp3) is 0.667. The van der Waals surface area contributed by atoms with Gasteiger partial charge in [-0.1, -0.05) is 51.1 Å². The van der Waals surface area contributed by atoms with E-state index in [1.165, 1.54) is 12.0 Å². The maximum Gasteiger partial charge on any atom is 0.408 e. The number of nitrogens with one attached hydrogen (secondary N) is 1. The molecule has 1 saturated heterocycles. The first-order valence-corrected chi connectivity index (χ1v) is 12.4. The van der Waals surface area contributed by atoms with Crippen molar-refractivity contribution in [3.05, 3.63) is 35.9 Å². The van der Waals surface area contributed by atoms with Gasteiger partial charge in [-0.25, -0.2) is 9.59 Å². The molecule has 1 fully saturated rings. The van der Waals surface area contributed by atoms with E-state index in [1.54, 1.807) is 20.8 Å². The van der Waals surface area contributed by atoms with Gasteiger partial charge in [-0.2, -0.15) is 0 Å². The van der Waals surface area contributed by atoms with Crippen LogP contribution in [0, 0.1) is 5.41 Å². The van der Waals surface area contributed by atoms with Crippen molar-refractivity contribution in [1.82, 2.24) is 10.2 Å². The zero-order chi connectivity index (χ0) is 26.9. The molecule has 9 heteroatoms. The number of likely N-dealkylation sites (tertiary alicyclic amines) is 1. The average Bonchev–Trinajstić information content (AvgIpc) is 3.22. The number of carbonyl (C=O) groups excluding carboxylic acids is 3. The summed E-state index contributed by atoms with van der Waals surface area (Å²) in [6, 6.07) is 8.24. The number of alkyl carbamates (subject to hydrolysis) is 1. The van der Waals surface area contributed by atoms with Crippen LogP contribution in [0.3, 0.4) is 0 Å². The quantitative estimate of drug-likeness (QED) is 0.381. The maximum atomic E-state index is 13.6. The van der Waals surface area contributed by atoms with Crippen LogP contribution in [0.5, 0.6) is 0 Å². The molecule has 0 aliphatic carbocycles. The van der Waals surface area contributed by atoms with Crippen molar-refractivity contribution in [3.63, 3.8) is 0 Å². The number of ether oxygens (including phenoxy) is 4. The zero-order valence-electron chi connectivity index (χ0n) is 22.7. The Labute approximate surface area is 214 Å². The summed E-state index contributed by atoms with van der Waals surface area (Å²) >= 11 is 0. The summed E-state index contributed by atoms with van der Waals surface area (Å²) in [5.41, 5.74) is -0.219. The summed E-state index contributed by atoms with van der Waals surface area (Å²) in [5.74, 6) is -0.883. The Kier molecular flexibility index (Phi) is 10.7. The van der Waals surface area contributed by atoms with Crippen molar-refractivity contribution in [1.29, 1.82) is 0 Å². The van der Waals surface area contributed by atoms with Gasteiger partial charge in [-0.15, -0.1) is 0 Å². The molecule has 0 unspecified atom stereocenters. The molecular weight excluding hydrogens is 464 g/mol. The monoisotopic (exact) mass is 506 g/mol. The Morgan fingerprint density at radius 1 is 1.06 bits per heavy atom. The molecular formula is C27H42N2O7. The molecule has 0 radical (unpaired) electrons. The van der Waals surface area contributed by atoms with E-state index < -0.39 is 35.2 Å². The number of nitrogens with zero attached hydrogens (tertiary/aromatic N) is 1. The fourth-order valence-electron chi connectivity index (χ4n) is 3.94.